The Balaban J connectivity index is 2.13. The van der Waals surface area contributed by atoms with Gasteiger partial charge in [-0.25, -0.2) is 4.79 Å². The molecule has 0 fully saturated rings. The van der Waals surface area contributed by atoms with E-state index >= 15 is 0 Å². The fourth-order valence-electron chi connectivity index (χ4n) is 2.72. The second kappa shape index (κ2) is 8.19. The molecule has 2 aromatic carbocycles. The van der Waals surface area contributed by atoms with Crippen molar-refractivity contribution in [2.75, 3.05) is 7.11 Å². The molecule has 10 heteroatoms. The first-order chi connectivity index (χ1) is 13.9. The van der Waals surface area contributed by atoms with E-state index in [-0.39, 0.29) is 15.7 Å². The van der Waals surface area contributed by atoms with Crippen molar-refractivity contribution in [2.24, 2.45) is 0 Å². The first kappa shape index (κ1) is 20.2. The molecule has 1 atom stereocenters. The van der Waals surface area contributed by atoms with E-state index < -0.39 is 22.9 Å². The third kappa shape index (κ3) is 3.85. The molecule has 0 radical (unpaired) electrons. The third-order valence-electron chi connectivity index (χ3n) is 4.11. The van der Waals surface area contributed by atoms with Gasteiger partial charge in [0, 0.05) is 15.6 Å². The molecule has 144 valence electrons. The monoisotopic (exact) mass is 427 g/mol. The zero-order valence-electron chi connectivity index (χ0n) is 14.8. The number of hydrogen-bond donors (Lipinski definition) is 1. The van der Waals surface area contributed by atoms with Crippen LogP contribution in [0.15, 0.2) is 46.0 Å². The van der Waals surface area contributed by atoms with Crippen molar-refractivity contribution in [3.63, 3.8) is 0 Å². The SMILES string of the molecule is COc1ccc(C(C#N)c2c(Cl)cc(-n3nc(C#N)c(=O)[nH]c3=O)cc2Cl)cc1. The highest BCUT2D eigenvalue weighted by Crippen LogP contribution is 2.37. The van der Waals surface area contributed by atoms with Crippen molar-refractivity contribution in [1.82, 2.24) is 14.8 Å². The minimum atomic E-state index is -0.897. The molecule has 29 heavy (non-hydrogen) atoms. The summed E-state index contributed by atoms with van der Waals surface area (Å²) in [6.45, 7) is 0. The fraction of sp³-hybridized carbons (Fsp3) is 0.105. The number of nitrogens with zero attached hydrogens (tertiary/aromatic N) is 4. The summed E-state index contributed by atoms with van der Waals surface area (Å²) in [5.41, 5.74) is -1.12. The molecule has 0 spiro atoms. The maximum Gasteiger partial charge on any atom is 0.349 e. The highest BCUT2D eigenvalue weighted by Gasteiger charge is 2.22. The van der Waals surface area contributed by atoms with Gasteiger partial charge in [0.2, 0.25) is 5.69 Å². The largest absolute Gasteiger partial charge is 0.497 e. The Bertz CT molecular complexity index is 1260. The van der Waals surface area contributed by atoms with Crippen molar-refractivity contribution in [1.29, 1.82) is 10.5 Å². The number of benzene rings is 2. The van der Waals surface area contributed by atoms with Gasteiger partial charge in [0.05, 0.1) is 24.8 Å². The van der Waals surface area contributed by atoms with Gasteiger partial charge in [-0.3, -0.25) is 9.78 Å². The van der Waals surface area contributed by atoms with Crippen LogP contribution in [0, 0.1) is 22.7 Å². The van der Waals surface area contributed by atoms with Gasteiger partial charge in [-0.15, -0.1) is 5.10 Å². The summed E-state index contributed by atoms with van der Waals surface area (Å²) >= 11 is 12.8. The van der Waals surface area contributed by atoms with E-state index in [1.54, 1.807) is 30.3 Å². The quantitative estimate of drug-likeness (QED) is 0.682. The van der Waals surface area contributed by atoms with Crippen LogP contribution in [-0.4, -0.2) is 21.9 Å². The van der Waals surface area contributed by atoms with E-state index in [9.17, 15) is 14.9 Å². The summed E-state index contributed by atoms with van der Waals surface area (Å²) in [4.78, 5) is 25.6. The topological polar surface area (TPSA) is 125 Å². The Morgan fingerprint density at radius 2 is 1.76 bits per heavy atom. The summed E-state index contributed by atoms with van der Waals surface area (Å²) in [5.74, 6) is -0.139. The van der Waals surface area contributed by atoms with Gasteiger partial charge >= 0.3 is 5.69 Å². The zero-order chi connectivity index (χ0) is 21.1. The maximum absolute atomic E-state index is 12.1. The lowest BCUT2D eigenvalue weighted by Gasteiger charge is -2.16. The average Bonchev–Trinajstić information content (AvgIpc) is 2.71. The van der Waals surface area contributed by atoms with Crippen LogP contribution in [0.1, 0.15) is 22.7 Å². The van der Waals surface area contributed by atoms with Crippen LogP contribution in [0.5, 0.6) is 5.75 Å². The molecule has 0 aliphatic carbocycles. The van der Waals surface area contributed by atoms with Crippen molar-refractivity contribution in [2.45, 2.75) is 5.92 Å². The Hall–Kier alpha value is -3.59. The van der Waals surface area contributed by atoms with Crippen molar-refractivity contribution >= 4 is 23.2 Å². The van der Waals surface area contributed by atoms with Gasteiger partial charge in [0.25, 0.3) is 5.56 Å². The first-order valence-corrected chi connectivity index (χ1v) is 8.81. The van der Waals surface area contributed by atoms with E-state index in [0.717, 1.165) is 4.68 Å². The number of hydrogen-bond acceptors (Lipinski definition) is 6. The summed E-state index contributed by atoms with van der Waals surface area (Å²) in [5, 5.41) is 22.6. The molecule has 0 saturated carbocycles. The molecule has 1 unspecified atom stereocenters. The van der Waals surface area contributed by atoms with Gasteiger partial charge in [-0.1, -0.05) is 35.3 Å². The van der Waals surface area contributed by atoms with Gasteiger partial charge in [-0.05, 0) is 29.8 Å². The zero-order valence-corrected chi connectivity index (χ0v) is 16.3. The Labute approximate surface area is 174 Å². The van der Waals surface area contributed by atoms with Crippen LogP contribution >= 0.6 is 23.2 Å². The van der Waals surface area contributed by atoms with E-state index in [2.05, 4.69) is 11.2 Å². The smallest absolute Gasteiger partial charge is 0.349 e. The Morgan fingerprint density at radius 1 is 1.14 bits per heavy atom. The summed E-state index contributed by atoms with van der Waals surface area (Å²) in [6, 6.07) is 13.4. The van der Waals surface area contributed by atoms with E-state index in [0.29, 0.717) is 16.9 Å². The fourth-order valence-corrected chi connectivity index (χ4v) is 3.41. The van der Waals surface area contributed by atoms with Gasteiger partial charge in [0.1, 0.15) is 11.8 Å². The van der Waals surface area contributed by atoms with E-state index in [1.807, 2.05) is 4.98 Å². The Kier molecular flexibility index (Phi) is 5.69. The average molecular weight is 428 g/mol. The van der Waals surface area contributed by atoms with Crippen LogP contribution in [0.2, 0.25) is 10.0 Å². The molecule has 1 aromatic heterocycles. The molecular formula is C19H11Cl2N5O3. The van der Waals surface area contributed by atoms with E-state index in [1.165, 1.54) is 19.2 Å². The van der Waals surface area contributed by atoms with Gasteiger partial charge in [-0.2, -0.15) is 15.2 Å². The van der Waals surface area contributed by atoms with Crippen LogP contribution in [0.4, 0.5) is 0 Å². The second-order valence-corrected chi connectivity index (χ2v) is 6.60. The molecule has 0 amide bonds. The molecule has 0 bridgehead atoms. The minimum Gasteiger partial charge on any atom is -0.497 e. The number of halogens is 2. The molecule has 0 aliphatic rings. The van der Waals surface area contributed by atoms with Gasteiger partial charge < -0.3 is 4.74 Å². The molecular weight excluding hydrogens is 417 g/mol. The number of nitrogens with one attached hydrogen (secondary N) is 1. The third-order valence-corrected chi connectivity index (χ3v) is 4.73. The molecule has 3 rings (SSSR count). The van der Waals surface area contributed by atoms with Crippen molar-refractivity contribution in [3.05, 3.63) is 84.1 Å². The predicted molar refractivity (Wildman–Crippen MR) is 106 cm³/mol. The lowest BCUT2D eigenvalue weighted by atomic mass is 9.92. The Morgan fingerprint density at radius 3 is 2.28 bits per heavy atom. The van der Waals surface area contributed by atoms with E-state index in [4.69, 9.17) is 33.2 Å². The number of aromatic amines is 1. The minimum absolute atomic E-state index is 0.119. The maximum atomic E-state index is 12.1. The molecule has 8 nitrogen and oxygen atoms in total. The normalized spacial score (nSPS) is 11.3. The first-order valence-electron chi connectivity index (χ1n) is 8.06. The number of ether oxygens (including phenoxy) is 1. The standard InChI is InChI=1S/C19H11Cl2N5O3/c1-29-12-4-2-10(3-5-12)13(8-22)17-14(20)6-11(7-15(17)21)26-19(28)24-18(27)16(9-23)25-26/h2-7,13H,1H3,(H,24,27,28). The molecule has 0 saturated heterocycles. The molecule has 0 aliphatic heterocycles. The number of aromatic nitrogens is 3. The van der Waals surface area contributed by atoms with Crippen LogP contribution in [-0.2, 0) is 0 Å². The predicted octanol–water partition coefficient (Wildman–Crippen LogP) is 2.76. The number of H-pyrrole nitrogens is 1. The summed E-state index contributed by atoms with van der Waals surface area (Å²) in [7, 11) is 1.54. The number of nitriles is 2. The number of methoxy groups -OCH3 is 1. The van der Waals surface area contributed by atoms with Gasteiger partial charge in [0.15, 0.2) is 0 Å². The highest BCUT2D eigenvalue weighted by atomic mass is 35.5. The molecule has 3 aromatic rings. The second-order valence-electron chi connectivity index (χ2n) is 5.79. The lowest BCUT2D eigenvalue weighted by Crippen LogP contribution is -2.33. The number of rotatable bonds is 4. The van der Waals surface area contributed by atoms with Crippen molar-refractivity contribution < 1.29 is 4.74 Å². The lowest BCUT2D eigenvalue weighted by molar-refractivity contribution is 0.414. The molecule has 1 N–H and O–H groups in total. The molecule has 1 heterocycles. The van der Waals surface area contributed by atoms with Crippen LogP contribution in [0.3, 0.4) is 0 Å². The summed E-state index contributed by atoms with van der Waals surface area (Å²) < 4.78 is 5.92. The highest BCUT2D eigenvalue weighted by molar-refractivity contribution is 6.36. The van der Waals surface area contributed by atoms with Crippen LogP contribution < -0.4 is 16.0 Å². The van der Waals surface area contributed by atoms with Crippen LogP contribution in [0.25, 0.3) is 5.69 Å². The van der Waals surface area contributed by atoms with Crippen molar-refractivity contribution in [3.8, 4) is 23.6 Å². The summed E-state index contributed by atoms with van der Waals surface area (Å²) in [6.07, 6.45) is 0.